The zero-order valence-corrected chi connectivity index (χ0v) is 14.2. The first-order chi connectivity index (χ1) is 10.1. The maximum atomic E-state index is 6.30. The minimum atomic E-state index is 0.293. The van der Waals surface area contributed by atoms with Gasteiger partial charge in [0.25, 0.3) is 0 Å². The second-order valence-corrected chi connectivity index (χ2v) is 6.28. The largest absolute Gasteiger partial charge is 0.492 e. The lowest BCUT2D eigenvalue weighted by atomic mass is 10.1. The summed E-state index contributed by atoms with van der Waals surface area (Å²) in [4.78, 5) is 5.51. The first-order valence-electron chi connectivity index (χ1n) is 7.16. The molecular formula is C16H21ClN2OS. The zero-order valence-electron chi connectivity index (χ0n) is 12.6. The minimum absolute atomic E-state index is 0.293. The van der Waals surface area contributed by atoms with E-state index in [1.165, 1.54) is 10.4 Å². The SMILES string of the molecule is CCNC(C)c1ccc(OCCc2scnc2C)c(Cl)c1. The number of nitrogens with zero attached hydrogens (tertiary/aromatic N) is 1. The molecule has 1 unspecified atom stereocenters. The molecule has 0 amide bonds. The number of aromatic nitrogens is 1. The summed E-state index contributed by atoms with van der Waals surface area (Å²) < 4.78 is 5.79. The number of halogens is 1. The van der Waals surface area contributed by atoms with E-state index in [1.807, 2.05) is 24.6 Å². The van der Waals surface area contributed by atoms with Crippen LogP contribution in [0.15, 0.2) is 23.7 Å². The third kappa shape index (κ3) is 4.43. The molecule has 0 spiro atoms. The Morgan fingerprint density at radius 2 is 2.24 bits per heavy atom. The number of nitrogens with one attached hydrogen (secondary N) is 1. The van der Waals surface area contributed by atoms with Crippen molar-refractivity contribution in [2.75, 3.05) is 13.2 Å². The van der Waals surface area contributed by atoms with E-state index in [1.54, 1.807) is 11.3 Å². The van der Waals surface area contributed by atoms with Gasteiger partial charge in [-0.05, 0) is 38.1 Å². The monoisotopic (exact) mass is 324 g/mol. The molecule has 1 aromatic carbocycles. The van der Waals surface area contributed by atoms with Crippen LogP contribution in [0.25, 0.3) is 0 Å². The highest BCUT2D eigenvalue weighted by Crippen LogP contribution is 2.28. The predicted octanol–water partition coefficient (Wildman–Crippen LogP) is 4.40. The van der Waals surface area contributed by atoms with Gasteiger partial charge in [0.05, 0.1) is 22.8 Å². The maximum Gasteiger partial charge on any atom is 0.137 e. The van der Waals surface area contributed by atoms with Gasteiger partial charge in [-0.1, -0.05) is 24.6 Å². The maximum absolute atomic E-state index is 6.30. The fraction of sp³-hybridized carbons (Fsp3) is 0.438. The zero-order chi connectivity index (χ0) is 15.2. The van der Waals surface area contributed by atoms with Crippen LogP contribution in [0.5, 0.6) is 5.75 Å². The topological polar surface area (TPSA) is 34.1 Å². The van der Waals surface area contributed by atoms with Crippen molar-refractivity contribution in [2.45, 2.75) is 33.2 Å². The van der Waals surface area contributed by atoms with Gasteiger partial charge in [-0.25, -0.2) is 4.98 Å². The highest BCUT2D eigenvalue weighted by Gasteiger charge is 2.08. The fourth-order valence-electron chi connectivity index (χ4n) is 2.15. The van der Waals surface area contributed by atoms with Gasteiger partial charge in [-0.15, -0.1) is 11.3 Å². The van der Waals surface area contributed by atoms with Crippen LogP contribution in [0.3, 0.4) is 0 Å². The van der Waals surface area contributed by atoms with Gasteiger partial charge in [-0.2, -0.15) is 0 Å². The van der Waals surface area contributed by atoms with Gasteiger partial charge < -0.3 is 10.1 Å². The van der Waals surface area contributed by atoms with Crippen LogP contribution in [0, 0.1) is 6.92 Å². The molecule has 1 aromatic heterocycles. The van der Waals surface area contributed by atoms with Gasteiger partial charge in [0, 0.05) is 17.3 Å². The Bertz CT molecular complexity index is 585. The molecule has 0 aliphatic rings. The third-order valence-corrected chi connectivity index (χ3v) is 4.69. The van der Waals surface area contributed by atoms with Crippen LogP contribution in [-0.4, -0.2) is 18.1 Å². The van der Waals surface area contributed by atoms with Crippen molar-refractivity contribution in [1.29, 1.82) is 0 Å². The summed E-state index contributed by atoms with van der Waals surface area (Å²) >= 11 is 7.97. The van der Waals surface area contributed by atoms with Crippen LogP contribution >= 0.6 is 22.9 Å². The summed E-state index contributed by atoms with van der Waals surface area (Å²) in [6.45, 7) is 7.80. The second-order valence-electron chi connectivity index (χ2n) is 4.93. The average molecular weight is 325 g/mol. The Morgan fingerprint density at radius 3 is 2.86 bits per heavy atom. The van der Waals surface area contributed by atoms with E-state index in [0.29, 0.717) is 17.7 Å². The second kappa shape index (κ2) is 7.78. The Morgan fingerprint density at radius 1 is 1.43 bits per heavy atom. The quantitative estimate of drug-likeness (QED) is 0.819. The molecule has 0 radical (unpaired) electrons. The molecule has 21 heavy (non-hydrogen) atoms. The van der Waals surface area contributed by atoms with Crippen molar-refractivity contribution in [2.24, 2.45) is 0 Å². The summed E-state index contributed by atoms with van der Waals surface area (Å²) in [5, 5.41) is 4.04. The van der Waals surface area contributed by atoms with Gasteiger partial charge in [-0.3, -0.25) is 0 Å². The minimum Gasteiger partial charge on any atom is -0.492 e. The van der Waals surface area contributed by atoms with E-state index in [4.69, 9.17) is 16.3 Å². The van der Waals surface area contributed by atoms with E-state index in [2.05, 4.69) is 30.2 Å². The number of aryl methyl sites for hydroxylation is 1. The summed E-state index contributed by atoms with van der Waals surface area (Å²) in [7, 11) is 0. The highest BCUT2D eigenvalue weighted by atomic mass is 35.5. The predicted molar refractivity (Wildman–Crippen MR) is 89.6 cm³/mol. The molecule has 2 rings (SSSR count). The molecule has 2 aromatic rings. The Hall–Kier alpha value is -1.10. The molecule has 1 heterocycles. The van der Waals surface area contributed by atoms with E-state index in [-0.39, 0.29) is 0 Å². The van der Waals surface area contributed by atoms with Crippen molar-refractivity contribution in [3.05, 3.63) is 44.9 Å². The van der Waals surface area contributed by atoms with Crippen molar-refractivity contribution >= 4 is 22.9 Å². The van der Waals surface area contributed by atoms with Crippen LogP contribution in [0.1, 0.15) is 36.0 Å². The number of benzene rings is 1. The smallest absolute Gasteiger partial charge is 0.137 e. The molecule has 3 nitrogen and oxygen atoms in total. The Labute approximate surface area is 135 Å². The lowest BCUT2D eigenvalue weighted by Crippen LogP contribution is -2.17. The standard InChI is InChI=1S/C16H21ClN2OS/c1-4-18-11(2)13-5-6-15(14(17)9-13)20-8-7-16-12(3)19-10-21-16/h5-6,9-11,18H,4,7-8H2,1-3H3. The fourth-order valence-corrected chi connectivity index (χ4v) is 3.15. The summed E-state index contributed by atoms with van der Waals surface area (Å²) in [6, 6.07) is 6.28. The number of ether oxygens (including phenoxy) is 1. The lowest BCUT2D eigenvalue weighted by Gasteiger charge is -2.15. The number of hydrogen-bond donors (Lipinski definition) is 1. The highest BCUT2D eigenvalue weighted by molar-refractivity contribution is 7.09. The van der Waals surface area contributed by atoms with Gasteiger partial charge in [0.15, 0.2) is 0 Å². The van der Waals surface area contributed by atoms with Gasteiger partial charge in [0.1, 0.15) is 5.75 Å². The molecule has 5 heteroatoms. The summed E-state index contributed by atoms with van der Waals surface area (Å²) in [5.41, 5.74) is 4.13. The first kappa shape index (κ1) is 16.3. The molecule has 0 saturated carbocycles. The molecular weight excluding hydrogens is 304 g/mol. The van der Waals surface area contributed by atoms with Gasteiger partial charge in [0.2, 0.25) is 0 Å². The van der Waals surface area contributed by atoms with Gasteiger partial charge >= 0.3 is 0 Å². The van der Waals surface area contributed by atoms with E-state index >= 15 is 0 Å². The number of rotatable bonds is 7. The van der Waals surface area contributed by atoms with Crippen molar-refractivity contribution in [1.82, 2.24) is 10.3 Å². The van der Waals surface area contributed by atoms with Crippen LogP contribution in [0.4, 0.5) is 0 Å². The van der Waals surface area contributed by atoms with E-state index in [9.17, 15) is 0 Å². The van der Waals surface area contributed by atoms with Crippen LogP contribution < -0.4 is 10.1 Å². The molecule has 0 saturated heterocycles. The lowest BCUT2D eigenvalue weighted by molar-refractivity contribution is 0.322. The van der Waals surface area contributed by atoms with E-state index in [0.717, 1.165) is 24.4 Å². The molecule has 0 aliphatic heterocycles. The Balaban J connectivity index is 1.93. The molecule has 1 atom stereocenters. The summed E-state index contributed by atoms with van der Waals surface area (Å²) in [5.74, 6) is 0.742. The summed E-state index contributed by atoms with van der Waals surface area (Å²) in [6.07, 6.45) is 0.863. The van der Waals surface area contributed by atoms with Crippen molar-refractivity contribution in [3.63, 3.8) is 0 Å². The molecule has 1 N–H and O–H groups in total. The Kier molecular flexibility index (Phi) is 6.03. The van der Waals surface area contributed by atoms with E-state index < -0.39 is 0 Å². The first-order valence-corrected chi connectivity index (χ1v) is 8.42. The average Bonchev–Trinajstić information content (AvgIpc) is 2.86. The number of thiazole rings is 1. The molecule has 0 fully saturated rings. The van der Waals surface area contributed by atoms with Crippen molar-refractivity contribution in [3.8, 4) is 5.75 Å². The number of hydrogen-bond acceptors (Lipinski definition) is 4. The van der Waals surface area contributed by atoms with Crippen LogP contribution in [-0.2, 0) is 6.42 Å². The van der Waals surface area contributed by atoms with Crippen LogP contribution in [0.2, 0.25) is 5.02 Å². The molecule has 0 bridgehead atoms. The normalized spacial score (nSPS) is 12.4. The molecule has 114 valence electrons. The molecule has 0 aliphatic carbocycles. The van der Waals surface area contributed by atoms with Crippen molar-refractivity contribution < 1.29 is 4.74 Å². The third-order valence-electron chi connectivity index (χ3n) is 3.40.